The number of anilines is 1. The first-order chi connectivity index (χ1) is 13.0. The zero-order valence-electron chi connectivity index (χ0n) is 14.5. The highest BCUT2D eigenvalue weighted by Gasteiger charge is 2.36. The number of methoxy groups -OCH3 is 2. The summed E-state index contributed by atoms with van der Waals surface area (Å²) >= 11 is 3.39. The summed E-state index contributed by atoms with van der Waals surface area (Å²) in [7, 11) is 2.99. The van der Waals surface area contributed by atoms with Crippen molar-refractivity contribution in [3.8, 4) is 11.5 Å². The van der Waals surface area contributed by atoms with Crippen LogP contribution >= 0.6 is 15.9 Å². The largest absolute Gasteiger partial charge is 0.493 e. The van der Waals surface area contributed by atoms with E-state index >= 15 is 0 Å². The van der Waals surface area contributed by atoms with E-state index in [1.807, 2.05) is 0 Å². The average molecular weight is 431 g/mol. The lowest BCUT2D eigenvalue weighted by Gasteiger charge is -2.26. The van der Waals surface area contributed by atoms with E-state index in [0.29, 0.717) is 27.2 Å². The van der Waals surface area contributed by atoms with Crippen molar-refractivity contribution in [3.63, 3.8) is 0 Å². The molecule has 2 aromatic rings. The molecule has 1 heterocycles. The fourth-order valence-corrected chi connectivity index (χ4v) is 3.04. The number of ether oxygens (including phenoxy) is 2. The van der Waals surface area contributed by atoms with E-state index in [1.165, 1.54) is 20.3 Å². The number of carbonyl (C=O) groups excluding carboxylic acids is 3. The van der Waals surface area contributed by atoms with Gasteiger partial charge in [-0.25, -0.2) is 9.69 Å². The van der Waals surface area contributed by atoms with Crippen molar-refractivity contribution >= 4 is 45.5 Å². The van der Waals surface area contributed by atoms with Gasteiger partial charge in [0.15, 0.2) is 11.5 Å². The second kappa shape index (κ2) is 7.63. The van der Waals surface area contributed by atoms with E-state index in [9.17, 15) is 14.4 Å². The summed E-state index contributed by atoms with van der Waals surface area (Å²) in [5, 5.41) is 2.19. The number of halogens is 1. The number of hydrogen-bond acceptors (Lipinski definition) is 5. The predicted molar refractivity (Wildman–Crippen MR) is 103 cm³/mol. The predicted octanol–water partition coefficient (Wildman–Crippen LogP) is 3.13. The minimum Gasteiger partial charge on any atom is -0.493 e. The Kier molecular flexibility index (Phi) is 5.27. The minimum absolute atomic E-state index is 0.175. The second-order valence-electron chi connectivity index (χ2n) is 5.52. The average Bonchev–Trinajstić information content (AvgIpc) is 2.66. The quantitative estimate of drug-likeness (QED) is 0.594. The lowest BCUT2D eigenvalue weighted by atomic mass is 10.1. The first-order valence-electron chi connectivity index (χ1n) is 7.84. The summed E-state index contributed by atoms with van der Waals surface area (Å²) in [6.45, 7) is 0. The van der Waals surface area contributed by atoms with Crippen LogP contribution in [-0.4, -0.2) is 32.1 Å². The molecule has 0 unspecified atom stereocenters. The summed E-state index contributed by atoms with van der Waals surface area (Å²) in [6.07, 6.45) is 1.39. The topological polar surface area (TPSA) is 84.9 Å². The zero-order valence-corrected chi connectivity index (χ0v) is 16.1. The normalized spacial score (nSPS) is 15.7. The van der Waals surface area contributed by atoms with E-state index < -0.39 is 17.8 Å². The van der Waals surface area contributed by atoms with Gasteiger partial charge < -0.3 is 9.47 Å². The fourth-order valence-electron chi connectivity index (χ4n) is 2.61. The Hall–Kier alpha value is -3.13. The molecular formula is C19H15BrN2O5. The van der Waals surface area contributed by atoms with Gasteiger partial charge in [-0.2, -0.15) is 0 Å². The number of rotatable bonds is 4. The van der Waals surface area contributed by atoms with Crippen molar-refractivity contribution in [1.29, 1.82) is 0 Å². The maximum Gasteiger partial charge on any atom is 0.335 e. The molecule has 0 aromatic heterocycles. The van der Waals surface area contributed by atoms with E-state index in [2.05, 4.69) is 21.2 Å². The van der Waals surface area contributed by atoms with Crippen LogP contribution in [0.3, 0.4) is 0 Å². The first-order valence-corrected chi connectivity index (χ1v) is 8.63. The Morgan fingerprint density at radius 3 is 2.26 bits per heavy atom. The number of imide groups is 2. The van der Waals surface area contributed by atoms with Crippen LogP contribution in [0.4, 0.5) is 10.5 Å². The van der Waals surface area contributed by atoms with Gasteiger partial charge in [0.2, 0.25) is 0 Å². The molecule has 27 heavy (non-hydrogen) atoms. The molecule has 1 fully saturated rings. The number of barbiturate groups is 1. The van der Waals surface area contributed by atoms with Crippen molar-refractivity contribution in [3.05, 3.63) is 58.1 Å². The number of urea groups is 1. The third-order valence-electron chi connectivity index (χ3n) is 3.92. The standard InChI is InChI=1S/C19H15BrN2O5/c1-26-15-9-11(14(20)10-16(15)27-2)8-13-17(23)21-19(25)22(18(13)24)12-6-4-3-5-7-12/h3-10H,1-2H3,(H,21,23,25). The van der Waals surface area contributed by atoms with Gasteiger partial charge >= 0.3 is 6.03 Å². The first kappa shape index (κ1) is 18.7. The van der Waals surface area contributed by atoms with Gasteiger partial charge in [0, 0.05) is 4.47 Å². The van der Waals surface area contributed by atoms with Crippen LogP contribution in [0.2, 0.25) is 0 Å². The van der Waals surface area contributed by atoms with Gasteiger partial charge in [0.25, 0.3) is 11.8 Å². The minimum atomic E-state index is -0.792. The van der Waals surface area contributed by atoms with Crippen molar-refractivity contribution in [2.75, 3.05) is 19.1 Å². The summed E-state index contributed by atoms with van der Waals surface area (Å²) in [4.78, 5) is 38.2. The van der Waals surface area contributed by atoms with Crippen molar-refractivity contribution < 1.29 is 23.9 Å². The highest BCUT2D eigenvalue weighted by molar-refractivity contribution is 9.10. The number of hydrogen-bond donors (Lipinski definition) is 1. The molecule has 0 atom stereocenters. The van der Waals surface area contributed by atoms with Gasteiger partial charge in [0.1, 0.15) is 5.57 Å². The number of carbonyl (C=O) groups is 3. The number of nitrogens with zero attached hydrogens (tertiary/aromatic N) is 1. The molecule has 0 saturated carbocycles. The van der Waals surface area contributed by atoms with Crippen LogP contribution in [-0.2, 0) is 9.59 Å². The Morgan fingerprint density at radius 1 is 1.00 bits per heavy atom. The molecule has 0 spiro atoms. The summed E-state index contributed by atoms with van der Waals surface area (Å²) < 4.78 is 11.1. The van der Waals surface area contributed by atoms with Gasteiger partial charge in [-0.15, -0.1) is 0 Å². The van der Waals surface area contributed by atoms with Crippen molar-refractivity contribution in [2.24, 2.45) is 0 Å². The molecule has 3 rings (SSSR count). The smallest absolute Gasteiger partial charge is 0.335 e. The van der Waals surface area contributed by atoms with Gasteiger partial charge in [0.05, 0.1) is 19.9 Å². The van der Waals surface area contributed by atoms with Gasteiger partial charge in [-0.05, 0) is 35.9 Å². The van der Waals surface area contributed by atoms with Gasteiger partial charge in [-0.1, -0.05) is 34.1 Å². The summed E-state index contributed by atoms with van der Waals surface area (Å²) in [6, 6.07) is 10.9. The van der Waals surface area contributed by atoms with Crippen LogP contribution in [0.15, 0.2) is 52.5 Å². The molecule has 2 aromatic carbocycles. The molecule has 138 valence electrons. The molecule has 0 bridgehead atoms. The van der Waals surface area contributed by atoms with E-state index in [1.54, 1.807) is 42.5 Å². The number of benzene rings is 2. The van der Waals surface area contributed by atoms with E-state index in [-0.39, 0.29) is 5.57 Å². The Labute approximate surface area is 163 Å². The SMILES string of the molecule is COc1cc(Br)c(C=C2C(=O)NC(=O)N(c3ccccc3)C2=O)cc1OC. The highest BCUT2D eigenvalue weighted by atomic mass is 79.9. The molecule has 7 nitrogen and oxygen atoms in total. The molecular weight excluding hydrogens is 416 g/mol. The summed E-state index contributed by atoms with van der Waals surface area (Å²) in [5.41, 5.74) is 0.713. The number of nitrogens with one attached hydrogen (secondary N) is 1. The van der Waals surface area contributed by atoms with Crippen LogP contribution in [0.5, 0.6) is 11.5 Å². The molecule has 1 saturated heterocycles. The Bertz CT molecular complexity index is 956. The van der Waals surface area contributed by atoms with Crippen molar-refractivity contribution in [2.45, 2.75) is 0 Å². The molecule has 0 aliphatic carbocycles. The Balaban J connectivity index is 2.06. The van der Waals surface area contributed by atoms with Gasteiger partial charge in [-0.3, -0.25) is 14.9 Å². The molecule has 1 aliphatic heterocycles. The van der Waals surface area contributed by atoms with Crippen LogP contribution < -0.4 is 19.7 Å². The van der Waals surface area contributed by atoms with Crippen molar-refractivity contribution in [1.82, 2.24) is 5.32 Å². The second-order valence-corrected chi connectivity index (χ2v) is 6.38. The lowest BCUT2D eigenvalue weighted by molar-refractivity contribution is -0.122. The lowest BCUT2D eigenvalue weighted by Crippen LogP contribution is -2.54. The van der Waals surface area contributed by atoms with Crippen LogP contribution in [0, 0.1) is 0 Å². The van der Waals surface area contributed by atoms with E-state index in [0.717, 1.165) is 4.90 Å². The van der Waals surface area contributed by atoms with Crippen LogP contribution in [0.25, 0.3) is 6.08 Å². The third kappa shape index (κ3) is 3.56. The highest BCUT2D eigenvalue weighted by Crippen LogP contribution is 2.34. The monoisotopic (exact) mass is 430 g/mol. The Morgan fingerprint density at radius 2 is 1.63 bits per heavy atom. The number of amides is 4. The maximum atomic E-state index is 12.8. The maximum absolute atomic E-state index is 12.8. The third-order valence-corrected chi connectivity index (χ3v) is 4.61. The summed E-state index contributed by atoms with van der Waals surface area (Å²) in [5.74, 6) is -0.547. The zero-order chi connectivity index (χ0) is 19.6. The molecule has 8 heteroatoms. The molecule has 4 amide bonds. The molecule has 1 aliphatic rings. The van der Waals surface area contributed by atoms with E-state index in [4.69, 9.17) is 9.47 Å². The molecule has 1 N–H and O–H groups in total. The fraction of sp³-hybridized carbons (Fsp3) is 0.105. The molecule has 0 radical (unpaired) electrons. The number of para-hydroxylation sites is 1. The van der Waals surface area contributed by atoms with Crippen LogP contribution in [0.1, 0.15) is 5.56 Å².